The van der Waals surface area contributed by atoms with Crippen molar-refractivity contribution < 1.29 is 14.0 Å². The van der Waals surface area contributed by atoms with Crippen molar-refractivity contribution in [1.29, 1.82) is 0 Å². The molecule has 1 aromatic heterocycles. The predicted molar refractivity (Wildman–Crippen MR) is 104 cm³/mol. The molecule has 0 spiro atoms. The monoisotopic (exact) mass is 378 g/mol. The molecule has 1 N–H and O–H groups in total. The molecule has 134 valence electrons. The van der Waals surface area contributed by atoms with Crippen LogP contribution in [0, 0.1) is 0 Å². The Morgan fingerprint density at radius 2 is 1.78 bits per heavy atom. The van der Waals surface area contributed by atoms with Gasteiger partial charge in [-0.25, -0.2) is 0 Å². The lowest BCUT2D eigenvalue weighted by molar-refractivity contribution is -0.0160. The van der Waals surface area contributed by atoms with Crippen molar-refractivity contribution in [2.24, 2.45) is 0 Å². The van der Waals surface area contributed by atoms with E-state index >= 15 is 0 Å². The van der Waals surface area contributed by atoms with Gasteiger partial charge in [-0.1, -0.05) is 53.2 Å². The summed E-state index contributed by atoms with van der Waals surface area (Å²) in [5.74, 6) is 1.46. The topological polar surface area (TPSA) is 56.5 Å². The summed E-state index contributed by atoms with van der Waals surface area (Å²) in [5.41, 5.74) is 4.36. The van der Waals surface area contributed by atoms with Gasteiger partial charge < -0.3 is 19.3 Å². The maximum atomic E-state index is 6.75. The van der Waals surface area contributed by atoms with E-state index in [0.29, 0.717) is 17.4 Å². The standard InChI is InChI=1S/C21H15ClN2O3/c22-20-14(13-6-4-10-18-16(13)11-25-12-26-18)7-3-8-17(20)23-21-15-5-1-2-9-19(15)27-24-21/h1-10H,11-12H2,(H,23,24). The SMILES string of the molecule is Clc1c(Nc2noc3ccccc23)cccc1-c1cccc2c1COCO2. The van der Waals surface area contributed by atoms with Crippen molar-refractivity contribution >= 4 is 34.1 Å². The number of aromatic nitrogens is 1. The van der Waals surface area contributed by atoms with E-state index in [4.69, 9.17) is 25.6 Å². The van der Waals surface area contributed by atoms with E-state index in [1.807, 2.05) is 60.7 Å². The highest BCUT2D eigenvalue weighted by Gasteiger charge is 2.19. The van der Waals surface area contributed by atoms with Gasteiger partial charge in [0.25, 0.3) is 0 Å². The molecule has 0 aliphatic carbocycles. The molecule has 1 aliphatic rings. The van der Waals surface area contributed by atoms with Crippen LogP contribution in [0.4, 0.5) is 11.5 Å². The zero-order valence-electron chi connectivity index (χ0n) is 14.2. The summed E-state index contributed by atoms with van der Waals surface area (Å²) < 4.78 is 16.4. The van der Waals surface area contributed by atoms with E-state index in [1.165, 1.54) is 0 Å². The van der Waals surface area contributed by atoms with E-state index in [9.17, 15) is 0 Å². The molecule has 1 aliphatic heterocycles. The van der Waals surface area contributed by atoms with Crippen molar-refractivity contribution in [1.82, 2.24) is 5.16 Å². The second-order valence-electron chi connectivity index (χ2n) is 6.21. The van der Waals surface area contributed by atoms with Crippen molar-refractivity contribution in [2.45, 2.75) is 6.61 Å². The number of rotatable bonds is 3. The first-order valence-electron chi connectivity index (χ1n) is 8.54. The first-order valence-corrected chi connectivity index (χ1v) is 8.92. The average Bonchev–Trinajstić information content (AvgIpc) is 3.12. The van der Waals surface area contributed by atoms with Gasteiger partial charge in [-0.3, -0.25) is 0 Å². The molecular formula is C21H15ClN2O3. The fourth-order valence-electron chi connectivity index (χ4n) is 3.29. The molecule has 0 radical (unpaired) electrons. The molecule has 0 amide bonds. The van der Waals surface area contributed by atoms with Gasteiger partial charge in [-0.2, -0.15) is 0 Å². The number of benzene rings is 3. The van der Waals surface area contributed by atoms with Crippen LogP contribution in [0.5, 0.6) is 5.75 Å². The molecule has 6 heteroatoms. The Bertz CT molecular complexity index is 1140. The van der Waals surface area contributed by atoms with Crippen LogP contribution in [-0.4, -0.2) is 11.9 Å². The number of nitrogens with one attached hydrogen (secondary N) is 1. The van der Waals surface area contributed by atoms with E-state index in [2.05, 4.69) is 10.5 Å². The third-order valence-electron chi connectivity index (χ3n) is 4.60. The maximum absolute atomic E-state index is 6.75. The third kappa shape index (κ3) is 2.81. The summed E-state index contributed by atoms with van der Waals surface area (Å²) in [4.78, 5) is 0. The van der Waals surface area contributed by atoms with Crippen LogP contribution >= 0.6 is 11.6 Å². The third-order valence-corrected chi connectivity index (χ3v) is 5.00. The largest absolute Gasteiger partial charge is 0.467 e. The fourth-order valence-corrected chi connectivity index (χ4v) is 3.57. The van der Waals surface area contributed by atoms with Gasteiger partial charge in [-0.15, -0.1) is 0 Å². The molecular weight excluding hydrogens is 364 g/mol. The maximum Gasteiger partial charge on any atom is 0.189 e. The zero-order valence-corrected chi connectivity index (χ0v) is 15.0. The minimum absolute atomic E-state index is 0.269. The molecule has 3 aromatic carbocycles. The number of ether oxygens (including phenoxy) is 2. The van der Waals surface area contributed by atoms with Crippen LogP contribution in [-0.2, 0) is 11.3 Å². The van der Waals surface area contributed by atoms with Crippen LogP contribution in [0.15, 0.2) is 65.2 Å². The van der Waals surface area contributed by atoms with Crippen molar-refractivity contribution in [3.05, 3.63) is 71.2 Å². The number of fused-ring (bicyclic) bond motifs is 2. The van der Waals surface area contributed by atoms with Gasteiger partial charge in [0, 0.05) is 11.1 Å². The molecule has 0 unspecified atom stereocenters. The lowest BCUT2D eigenvalue weighted by Crippen LogP contribution is -2.12. The van der Waals surface area contributed by atoms with Crippen LogP contribution in [0.2, 0.25) is 5.02 Å². The Morgan fingerprint density at radius 1 is 0.926 bits per heavy atom. The fraction of sp³-hybridized carbons (Fsp3) is 0.0952. The van der Waals surface area contributed by atoms with E-state index in [-0.39, 0.29) is 6.79 Å². The second-order valence-corrected chi connectivity index (χ2v) is 6.59. The lowest BCUT2D eigenvalue weighted by Gasteiger charge is -2.21. The summed E-state index contributed by atoms with van der Waals surface area (Å²) in [5, 5.41) is 8.91. The number of halogens is 1. The Kier molecular flexibility index (Phi) is 3.96. The number of anilines is 2. The Hall–Kier alpha value is -3.02. The minimum Gasteiger partial charge on any atom is -0.467 e. The molecule has 5 rings (SSSR count). The lowest BCUT2D eigenvalue weighted by atomic mass is 9.98. The molecule has 4 aromatic rings. The molecule has 5 nitrogen and oxygen atoms in total. The summed E-state index contributed by atoms with van der Waals surface area (Å²) in [7, 11) is 0. The van der Waals surface area contributed by atoms with Crippen molar-refractivity contribution in [3.63, 3.8) is 0 Å². The van der Waals surface area contributed by atoms with Crippen molar-refractivity contribution in [3.8, 4) is 16.9 Å². The molecule has 0 bridgehead atoms. The smallest absolute Gasteiger partial charge is 0.189 e. The molecule has 0 saturated carbocycles. The van der Waals surface area contributed by atoms with E-state index < -0.39 is 0 Å². The molecule has 27 heavy (non-hydrogen) atoms. The summed E-state index contributed by atoms with van der Waals surface area (Å²) in [6.07, 6.45) is 0. The van der Waals surface area contributed by atoms with Gasteiger partial charge in [0.2, 0.25) is 0 Å². The highest BCUT2D eigenvalue weighted by molar-refractivity contribution is 6.36. The van der Waals surface area contributed by atoms with E-state index in [0.717, 1.165) is 39.1 Å². The van der Waals surface area contributed by atoms with E-state index in [1.54, 1.807) is 0 Å². The first-order chi connectivity index (χ1) is 13.3. The molecule has 2 heterocycles. The minimum atomic E-state index is 0.269. The van der Waals surface area contributed by atoms with Gasteiger partial charge >= 0.3 is 0 Å². The van der Waals surface area contributed by atoms with Gasteiger partial charge in [-0.05, 0) is 29.8 Å². The predicted octanol–water partition coefficient (Wildman–Crippen LogP) is 5.76. The molecule has 0 fully saturated rings. The highest BCUT2D eigenvalue weighted by Crippen LogP contribution is 2.40. The molecule has 0 saturated heterocycles. The number of hydrogen-bond acceptors (Lipinski definition) is 5. The van der Waals surface area contributed by atoms with Crippen LogP contribution in [0.25, 0.3) is 22.1 Å². The first kappa shape index (κ1) is 16.2. The average molecular weight is 379 g/mol. The number of hydrogen-bond donors (Lipinski definition) is 1. The quantitative estimate of drug-likeness (QED) is 0.491. The number of para-hydroxylation sites is 1. The second kappa shape index (κ2) is 6.61. The normalized spacial score (nSPS) is 13.2. The van der Waals surface area contributed by atoms with Crippen molar-refractivity contribution in [2.75, 3.05) is 12.1 Å². The Labute approximate surface area is 160 Å². The summed E-state index contributed by atoms with van der Waals surface area (Å²) >= 11 is 6.75. The number of nitrogens with zero attached hydrogens (tertiary/aromatic N) is 1. The van der Waals surface area contributed by atoms with Crippen LogP contribution < -0.4 is 10.1 Å². The van der Waals surface area contributed by atoms with Crippen LogP contribution in [0.3, 0.4) is 0 Å². The van der Waals surface area contributed by atoms with Crippen LogP contribution in [0.1, 0.15) is 5.56 Å². The van der Waals surface area contributed by atoms with Gasteiger partial charge in [0.1, 0.15) is 5.75 Å². The highest BCUT2D eigenvalue weighted by atomic mass is 35.5. The Balaban J connectivity index is 1.57. The molecule has 0 atom stereocenters. The van der Waals surface area contributed by atoms with Gasteiger partial charge in [0.05, 0.1) is 22.7 Å². The summed E-state index contributed by atoms with van der Waals surface area (Å²) in [6.45, 7) is 0.762. The Morgan fingerprint density at radius 3 is 2.74 bits per heavy atom. The zero-order chi connectivity index (χ0) is 18.2. The summed E-state index contributed by atoms with van der Waals surface area (Å²) in [6, 6.07) is 19.5. The van der Waals surface area contributed by atoms with Gasteiger partial charge in [0.15, 0.2) is 18.2 Å².